The van der Waals surface area contributed by atoms with Crippen LogP contribution in [0.2, 0.25) is 0 Å². The Labute approximate surface area is 251 Å². The lowest BCUT2D eigenvalue weighted by molar-refractivity contribution is 0.881. The molecule has 0 radical (unpaired) electrons. The van der Waals surface area contributed by atoms with Gasteiger partial charge in [0, 0.05) is 0 Å². The van der Waals surface area contributed by atoms with Gasteiger partial charge in [0.1, 0.15) is 0 Å². The fourth-order valence-corrected chi connectivity index (χ4v) is 4.62. The molecule has 0 fully saturated rings. The Morgan fingerprint density at radius 3 is 0.700 bits per heavy atom. The van der Waals surface area contributed by atoms with Crippen molar-refractivity contribution in [2.45, 2.75) is 159 Å². The van der Waals surface area contributed by atoms with Gasteiger partial charge in [0.05, 0.1) is 0 Å². The van der Waals surface area contributed by atoms with Crippen molar-refractivity contribution in [2.24, 2.45) is 0 Å². The summed E-state index contributed by atoms with van der Waals surface area (Å²) in [5, 5.41) is 0. The Kier molecular flexibility index (Phi) is 23.4. The average molecular weight is 547 g/mol. The third-order valence-electron chi connectivity index (χ3n) is 7.77. The lowest BCUT2D eigenvalue weighted by atomic mass is 10.0. The van der Waals surface area contributed by atoms with Gasteiger partial charge in [-0.2, -0.15) is 0 Å². The van der Waals surface area contributed by atoms with Crippen molar-refractivity contribution >= 4 is 0 Å². The van der Waals surface area contributed by atoms with Gasteiger partial charge in [-0.05, 0) is 159 Å². The van der Waals surface area contributed by atoms with Crippen LogP contribution in [0.15, 0.2) is 93.2 Å². The number of rotatable bonds is 21. The summed E-state index contributed by atoms with van der Waals surface area (Å²) in [6, 6.07) is 0. The smallest absolute Gasteiger partial charge is 0.0288 e. The molecule has 0 N–H and O–H groups in total. The first-order valence-electron chi connectivity index (χ1n) is 16.2. The van der Waals surface area contributed by atoms with Gasteiger partial charge in [0.2, 0.25) is 0 Å². The molecule has 0 bridgehead atoms. The first-order chi connectivity index (χ1) is 19.0. The first kappa shape index (κ1) is 37.9. The van der Waals surface area contributed by atoms with E-state index in [0.29, 0.717) is 0 Å². The molecule has 0 amide bonds. The second-order valence-corrected chi connectivity index (χ2v) is 12.5. The Morgan fingerprint density at radius 1 is 0.300 bits per heavy atom. The highest BCUT2D eigenvalue weighted by Gasteiger charge is 1.96. The van der Waals surface area contributed by atoms with E-state index in [1.165, 1.54) is 134 Å². The molecule has 0 heteroatoms. The summed E-state index contributed by atoms with van der Waals surface area (Å²) in [6.07, 6.45) is 35.8. The van der Waals surface area contributed by atoms with Crippen molar-refractivity contribution in [3.05, 3.63) is 93.2 Å². The highest BCUT2D eigenvalue weighted by molar-refractivity contribution is 5.10. The third-order valence-corrected chi connectivity index (χ3v) is 7.77. The zero-order valence-electron chi connectivity index (χ0n) is 28.5. The maximum absolute atomic E-state index is 2.46. The number of allylic oxidation sites excluding steroid dienone is 16. The molecule has 0 aliphatic heterocycles. The Balaban J connectivity index is 4.17. The molecule has 0 saturated heterocycles. The lowest BCUT2D eigenvalue weighted by Gasteiger charge is -2.04. The van der Waals surface area contributed by atoms with Crippen LogP contribution in [0.5, 0.6) is 0 Å². The molecule has 0 unspecified atom stereocenters. The second-order valence-electron chi connectivity index (χ2n) is 12.5. The second kappa shape index (κ2) is 24.7. The molecule has 0 aromatic carbocycles. The fourth-order valence-electron chi connectivity index (χ4n) is 4.62. The van der Waals surface area contributed by atoms with E-state index in [1.54, 1.807) is 0 Å². The largest absolute Gasteiger partial charge is 0.0887 e. The van der Waals surface area contributed by atoms with Crippen LogP contribution in [0.25, 0.3) is 0 Å². The van der Waals surface area contributed by atoms with E-state index in [9.17, 15) is 0 Å². The van der Waals surface area contributed by atoms with Crippen molar-refractivity contribution in [3.8, 4) is 0 Å². The quantitative estimate of drug-likeness (QED) is 0.126. The molecule has 0 aromatic heterocycles. The van der Waals surface area contributed by atoms with E-state index >= 15 is 0 Å². The zero-order valence-corrected chi connectivity index (χ0v) is 28.5. The topological polar surface area (TPSA) is 0 Å². The third kappa shape index (κ3) is 24.9. The van der Waals surface area contributed by atoms with E-state index in [0.717, 1.165) is 0 Å². The molecule has 0 aliphatic rings. The van der Waals surface area contributed by atoms with Crippen LogP contribution in [0, 0.1) is 0 Å². The Morgan fingerprint density at radius 2 is 0.500 bits per heavy atom. The van der Waals surface area contributed by atoms with Crippen molar-refractivity contribution < 1.29 is 0 Å². The van der Waals surface area contributed by atoms with Crippen LogP contribution in [-0.4, -0.2) is 0 Å². The molecule has 226 valence electrons. The van der Waals surface area contributed by atoms with Crippen LogP contribution in [0.1, 0.15) is 159 Å². The molecule has 0 aliphatic carbocycles. The molecule has 0 aromatic rings. The van der Waals surface area contributed by atoms with E-state index in [2.05, 4.69) is 118 Å². The summed E-state index contributed by atoms with van der Waals surface area (Å²) in [4.78, 5) is 0. The minimum absolute atomic E-state index is 1.17. The van der Waals surface area contributed by atoms with Crippen LogP contribution < -0.4 is 0 Å². The Bertz CT molecular complexity index is 929. The molecule has 0 rings (SSSR count). The van der Waals surface area contributed by atoms with Crippen LogP contribution in [0.3, 0.4) is 0 Å². The molecule has 0 heterocycles. The fraction of sp³-hybridized carbons (Fsp3) is 0.600. The minimum atomic E-state index is 1.17. The van der Waals surface area contributed by atoms with E-state index in [4.69, 9.17) is 0 Å². The predicted molar refractivity (Wildman–Crippen MR) is 186 cm³/mol. The molecule has 40 heavy (non-hydrogen) atoms. The summed E-state index contributed by atoms with van der Waals surface area (Å²) in [5.74, 6) is 0. The van der Waals surface area contributed by atoms with E-state index in [-0.39, 0.29) is 0 Å². The highest BCUT2D eigenvalue weighted by Crippen LogP contribution is 2.17. The summed E-state index contributed by atoms with van der Waals surface area (Å²) in [5.41, 5.74) is 12.1. The lowest BCUT2D eigenvalue weighted by Crippen LogP contribution is -1.84. The zero-order chi connectivity index (χ0) is 30.2. The highest BCUT2D eigenvalue weighted by atomic mass is 14.0. The molecular weight excluding hydrogens is 480 g/mol. The molecule has 0 spiro atoms. The first-order valence-corrected chi connectivity index (χ1v) is 16.2. The molecular formula is C40H66. The molecule has 0 atom stereocenters. The monoisotopic (exact) mass is 547 g/mol. The van der Waals surface area contributed by atoms with E-state index < -0.39 is 0 Å². The summed E-state index contributed by atoms with van der Waals surface area (Å²) >= 11 is 0. The summed E-state index contributed by atoms with van der Waals surface area (Å²) < 4.78 is 0. The Hall–Kier alpha value is -2.08. The normalized spacial score (nSPS) is 14.7. The van der Waals surface area contributed by atoms with Crippen molar-refractivity contribution in [1.82, 2.24) is 0 Å². The number of hydrogen-bond acceptors (Lipinski definition) is 0. The van der Waals surface area contributed by atoms with Crippen molar-refractivity contribution in [1.29, 1.82) is 0 Å². The van der Waals surface area contributed by atoms with Crippen LogP contribution in [-0.2, 0) is 0 Å². The van der Waals surface area contributed by atoms with Gasteiger partial charge in [-0.1, -0.05) is 93.2 Å². The molecule has 0 saturated carbocycles. The average Bonchev–Trinajstić information content (AvgIpc) is 2.88. The van der Waals surface area contributed by atoms with Gasteiger partial charge in [-0.25, -0.2) is 0 Å². The van der Waals surface area contributed by atoms with E-state index in [1.807, 2.05) is 0 Å². The standard InChI is InChI=1S/C40H66/c1-11-34(4)20-13-22-36(6)24-15-26-38(8)28-17-30-40(10)32-18-31-39(9)29-16-27-37(7)25-14-23-35(5)21-12-19-33(2)3/h11,19,22-23,26-27,30-31H,12-18,20-21,24-25,28-29,32H2,1-10H3. The SMILES string of the molecule is CC=C(C)CCC=C(C)CCC=C(C)CCC=C(C)CCC=C(C)CCC=C(C)CCC=C(C)CCC=C(C)C. The van der Waals surface area contributed by atoms with Crippen LogP contribution >= 0.6 is 0 Å². The van der Waals surface area contributed by atoms with Gasteiger partial charge < -0.3 is 0 Å². The van der Waals surface area contributed by atoms with Crippen LogP contribution in [0.4, 0.5) is 0 Å². The van der Waals surface area contributed by atoms with Gasteiger partial charge in [0.25, 0.3) is 0 Å². The van der Waals surface area contributed by atoms with Gasteiger partial charge in [-0.3, -0.25) is 0 Å². The predicted octanol–water partition coefficient (Wildman–Crippen LogP) is 14.1. The van der Waals surface area contributed by atoms with Gasteiger partial charge in [-0.15, -0.1) is 0 Å². The summed E-state index contributed by atoms with van der Waals surface area (Å²) in [6.45, 7) is 22.5. The summed E-state index contributed by atoms with van der Waals surface area (Å²) in [7, 11) is 0. The van der Waals surface area contributed by atoms with Gasteiger partial charge in [0.15, 0.2) is 0 Å². The maximum atomic E-state index is 2.46. The molecule has 0 nitrogen and oxygen atoms in total. The van der Waals surface area contributed by atoms with Crippen molar-refractivity contribution in [3.63, 3.8) is 0 Å². The van der Waals surface area contributed by atoms with Crippen molar-refractivity contribution in [2.75, 3.05) is 0 Å². The maximum Gasteiger partial charge on any atom is -0.0288 e. The minimum Gasteiger partial charge on any atom is -0.0887 e. The number of hydrogen-bond donors (Lipinski definition) is 0. The van der Waals surface area contributed by atoms with Gasteiger partial charge >= 0.3 is 0 Å².